The van der Waals surface area contributed by atoms with Crippen molar-refractivity contribution in [1.29, 1.82) is 5.26 Å². The molecular weight excluding hydrogens is 232 g/mol. The highest BCUT2D eigenvalue weighted by Crippen LogP contribution is 2.25. The van der Waals surface area contributed by atoms with Crippen LogP contribution in [0.15, 0.2) is 24.3 Å². The lowest BCUT2D eigenvalue weighted by Gasteiger charge is -2.32. The van der Waals surface area contributed by atoms with Crippen molar-refractivity contribution in [2.45, 2.75) is 51.5 Å². The third-order valence-corrected chi connectivity index (χ3v) is 4.24. The third kappa shape index (κ3) is 3.16. The van der Waals surface area contributed by atoms with Gasteiger partial charge in [0, 0.05) is 6.42 Å². The summed E-state index contributed by atoms with van der Waals surface area (Å²) in [5.41, 5.74) is 2.28. The molecule has 1 aromatic carbocycles. The minimum Gasteiger partial charge on any atom is -0.285 e. The van der Waals surface area contributed by atoms with Gasteiger partial charge in [-0.2, -0.15) is 5.26 Å². The number of nitriles is 1. The molecule has 2 heteroatoms. The molecule has 0 saturated carbocycles. The van der Waals surface area contributed by atoms with E-state index in [0.29, 0.717) is 5.92 Å². The van der Waals surface area contributed by atoms with Crippen molar-refractivity contribution >= 4 is 0 Å². The average molecular weight is 256 g/mol. The van der Waals surface area contributed by atoms with Gasteiger partial charge in [-0.1, -0.05) is 38.1 Å². The van der Waals surface area contributed by atoms with E-state index < -0.39 is 0 Å². The SMILES string of the molecule is CC(C)c1ccc(CC(C)(C#N)N2CCCC2)cc1. The normalized spacial score (nSPS) is 19.3. The second kappa shape index (κ2) is 5.75. The molecule has 0 aliphatic carbocycles. The fourth-order valence-corrected chi connectivity index (χ4v) is 2.85. The summed E-state index contributed by atoms with van der Waals surface area (Å²) in [6.45, 7) is 8.62. The summed E-state index contributed by atoms with van der Waals surface area (Å²) in [5, 5.41) is 9.56. The summed E-state index contributed by atoms with van der Waals surface area (Å²) in [4.78, 5) is 2.34. The molecule has 1 fully saturated rings. The van der Waals surface area contributed by atoms with Gasteiger partial charge in [-0.15, -0.1) is 0 Å². The van der Waals surface area contributed by atoms with Gasteiger partial charge < -0.3 is 0 Å². The van der Waals surface area contributed by atoms with Crippen molar-refractivity contribution in [2.24, 2.45) is 0 Å². The van der Waals surface area contributed by atoms with Gasteiger partial charge in [0.25, 0.3) is 0 Å². The van der Waals surface area contributed by atoms with Crippen LogP contribution in [0.4, 0.5) is 0 Å². The van der Waals surface area contributed by atoms with Gasteiger partial charge in [0.1, 0.15) is 5.54 Å². The molecule has 19 heavy (non-hydrogen) atoms. The zero-order chi connectivity index (χ0) is 13.9. The topological polar surface area (TPSA) is 27.0 Å². The van der Waals surface area contributed by atoms with E-state index in [1.807, 2.05) is 0 Å². The Morgan fingerprint density at radius 1 is 1.21 bits per heavy atom. The molecule has 1 unspecified atom stereocenters. The van der Waals surface area contributed by atoms with E-state index in [1.54, 1.807) is 0 Å². The molecule has 0 bridgehead atoms. The van der Waals surface area contributed by atoms with Crippen LogP contribution in [0.5, 0.6) is 0 Å². The molecule has 0 amide bonds. The van der Waals surface area contributed by atoms with Crippen LogP contribution in [0.1, 0.15) is 50.7 Å². The molecule has 0 aromatic heterocycles. The first kappa shape index (κ1) is 14.1. The monoisotopic (exact) mass is 256 g/mol. The van der Waals surface area contributed by atoms with Crippen molar-refractivity contribution in [2.75, 3.05) is 13.1 Å². The predicted octanol–water partition coefficient (Wildman–Crippen LogP) is 3.73. The Morgan fingerprint density at radius 2 is 1.79 bits per heavy atom. The van der Waals surface area contributed by atoms with Crippen LogP contribution in [0.25, 0.3) is 0 Å². The number of nitrogens with zero attached hydrogens (tertiary/aromatic N) is 2. The van der Waals surface area contributed by atoms with E-state index in [1.165, 1.54) is 24.0 Å². The fourth-order valence-electron chi connectivity index (χ4n) is 2.85. The second-order valence-electron chi connectivity index (χ2n) is 6.15. The highest BCUT2D eigenvalue weighted by atomic mass is 15.2. The summed E-state index contributed by atoms with van der Waals surface area (Å²) in [7, 11) is 0. The van der Waals surface area contributed by atoms with E-state index >= 15 is 0 Å². The Hall–Kier alpha value is -1.33. The van der Waals surface area contributed by atoms with Crippen molar-refractivity contribution in [1.82, 2.24) is 4.90 Å². The van der Waals surface area contributed by atoms with E-state index in [4.69, 9.17) is 0 Å². The van der Waals surface area contributed by atoms with Gasteiger partial charge in [-0.3, -0.25) is 4.90 Å². The Balaban J connectivity index is 2.12. The van der Waals surface area contributed by atoms with Crippen LogP contribution >= 0.6 is 0 Å². The van der Waals surface area contributed by atoms with Gasteiger partial charge in [-0.25, -0.2) is 0 Å². The quantitative estimate of drug-likeness (QED) is 0.820. The lowest BCUT2D eigenvalue weighted by atomic mass is 9.91. The van der Waals surface area contributed by atoms with E-state index in [9.17, 15) is 5.26 Å². The predicted molar refractivity (Wildman–Crippen MR) is 79.1 cm³/mol. The Morgan fingerprint density at radius 3 is 2.26 bits per heavy atom. The summed E-state index contributed by atoms with van der Waals surface area (Å²) in [5.74, 6) is 0.565. The first-order valence-corrected chi connectivity index (χ1v) is 7.30. The van der Waals surface area contributed by atoms with Crippen LogP contribution < -0.4 is 0 Å². The van der Waals surface area contributed by atoms with E-state index in [0.717, 1.165) is 19.5 Å². The molecule has 102 valence electrons. The minimum atomic E-state index is -0.351. The first-order valence-electron chi connectivity index (χ1n) is 7.30. The maximum Gasteiger partial charge on any atom is 0.110 e. The summed E-state index contributed by atoms with van der Waals surface area (Å²) in [6.07, 6.45) is 3.27. The summed E-state index contributed by atoms with van der Waals surface area (Å²) < 4.78 is 0. The Bertz CT molecular complexity index is 449. The molecule has 1 aliphatic heterocycles. The number of likely N-dealkylation sites (tertiary alicyclic amines) is 1. The number of hydrogen-bond donors (Lipinski definition) is 0. The standard InChI is InChI=1S/C17H24N2/c1-14(2)16-8-6-15(7-9-16)12-17(3,13-18)19-10-4-5-11-19/h6-9,14H,4-5,10-12H2,1-3H3. The molecule has 0 N–H and O–H groups in total. The first-order chi connectivity index (χ1) is 9.05. The van der Waals surface area contributed by atoms with Crippen LogP contribution in [-0.4, -0.2) is 23.5 Å². The molecule has 1 aromatic rings. The van der Waals surface area contributed by atoms with Crippen LogP contribution in [0, 0.1) is 11.3 Å². The molecule has 1 atom stereocenters. The van der Waals surface area contributed by atoms with Crippen molar-refractivity contribution < 1.29 is 0 Å². The van der Waals surface area contributed by atoms with Crippen molar-refractivity contribution in [3.8, 4) is 6.07 Å². The summed E-state index contributed by atoms with van der Waals surface area (Å²) in [6, 6.07) is 11.3. The zero-order valence-electron chi connectivity index (χ0n) is 12.3. The lowest BCUT2D eigenvalue weighted by molar-refractivity contribution is 0.191. The number of rotatable bonds is 4. The third-order valence-electron chi connectivity index (χ3n) is 4.24. The molecule has 1 aliphatic rings. The molecule has 0 radical (unpaired) electrons. The number of benzene rings is 1. The molecule has 2 rings (SSSR count). The molecular formula is C17H24N2. The van der Waals surface area contributed by atoms with Crippen LogP contribution in [0.3, 0.4) is 0 Å². The number of hydrogen-bond acceptors (Lipinski definition) is 2. The highest BCUT2D eigenvalue weighted by Gasteiger charge is 2.33. The van der Waals surface area contributed by atoms with Crippen LogP contribution in [-0.2, 0) is 6.42 Å². The van der Waals surface area contributed by atoms with E-state index in [-0.39, 0.29) is 5.54 Å². The smallest absolute Gasteiger partial charge is 0.110 e. The van der Waals surface area contributed by atoms with Gasteiger partial charge in [0.05, 0.1) is 6.07 Å². The molecule has 2 nitrogen and oxygen atoms in total. The van der Waals surface area contributed by atoms with Gasteiger partial charge in [0.2, 0.25) is 0 Å². The van der Waals surface area contributed by atoms with Gasteiger partial charge in [-0.05, 0) is 49.9 Å². The van der Waals surface area contributed by atoms with Gasteiger partial charge in [0.15, 0.2) is 0 Å². The van der Waals surface area contributed by atoms with Crippen molar-refractivity contribution in [3.63, 3.8) is 0 Å². The summed E-state index contributed by atoms with van der Waals surface area (Å²) >= 11 is 0. The Labute approximate surface area is 117 Å². The molecule has 0 spiro atoms. The lowest BCUT2D eigenvalue weighted by Crippen LogP contribution is -2.45. The van der Waals surface area contributed by atoms with E-state index in [2.05, 4.69) is 56.0 Å². The molecule has 1 heterocycles. The Kier molecular flexibility index (Phi) is 4.27. The maximum absolute atomic E-state index is 9.56. The maximum atomic E-state index is 9.56. The highest BCUT2D eigenvalue weighted by molar-refractivity contribution is 5.27. The average Bonchev–Trinajstić information content (AvgIpc) is 2.93. The van der Waals surface area contributed by atoms with Crippen molar-refractivity contribution in [3.05, 3.63) is 35.4 Å². The minimum absolute atomic E-state index is 0.351. The fraction of sp³-hybridized carbons (Fsp3) is 0.588. The second-order valence-corrected chi connectivity index (χ2v) is 6.15. The zero-order valence-corrected chi connectivity index (χ0v) is 12.3. The molecule has 1 saturated heterocycles. The van der Waals surface area contributed by atoms with Gasteiger partial charge >= 0.3 is 0 Å². The van der Waals surface area contributed by atoms with Crippen LogP contribution in [0.2, 0.25) is 0 Å². The largest absolute Gasteiger partial charge is 0.285 e.